The summed E-state index contributed by atoms with van der Waals surface area (Å²) >= 11 is 0. The Hall–Kier alpha value is -0.570. The van der Waals surface area contributed by atoms with Crippen molar-refractivity contribution in [1.29, 1.82) is 5.41 Å². The number of nitrogens with two attached hydrogens (primary N) is 1. The molecule has 0 heterocycles. The molecule has 0 rings (SSSR count). The highest BCUT2D eigenvalue weighted by molar-refractivity contribution is 5.77. The van der Waals surface area contributed by atoms with E-state index in [1.54, 1.807) is 0 Å². The van der Waals surface area contributed by atoms with Crippen molar-refractivity contribution in [3.63, 3.8) is 0 Å². The molecular formula is C12H27N3. The van der Waals surface area contributed by atoms with E-state index < -0.39 is 0 Å². The van der Waals surface area contributed by atoms with Gasteiger partial charge in [0, 0.05) is 12.5 Å². The fourth-order valence-electron chi connectivity index (χ4n) is 1.66. The van der Waals surface area contributed by atoms with Gasteiger partial charge in [-0.1, -0.05) is 32.6 Å². The van der Waals surface area contributed by atoms with Crippen LogP contribution in [0.4, 0.5) is 0 Å². The van der Waals surface area contributed by atoms with Crippen molar-refractivity contribution < 1.29 is 0 Å². The normalized spacial score (nSPS) is 13.1. The van der Waals surface area contributed by atoms with Crippen LogP contribution in [0.2, 0.25) is 0 Å². The number of hydrogen-bond acceptors (Lipinski definition) is 2. The fraction of sp³-hybridized carbons (Fsp3) is 0.917. The Labute approximate surface area is 94.5 Å². The summed E-state index contributed by atoms with van der Waals surface area (Å²) in [6.45, 7) is 5.49. The Morgan fingerprint density at radius 3 is 2.40 bits per heavy atom. The number of amidine groups is 1. The first kappa shape index (κ1) is 14.4. The van der Waals surface area contributed by atoms with Gasteiger partial charge in [-0.2, -0.15) is 0 Å². The number of nitrogens with zero attached hydrogens (tertiary/aromatic N) is 1. The van der Waals surface area contributed by atoms with Gasteiger partial charge in [0.15, 0.2) is 0 Å². The molecule has 0 saturated heterocycles. The highest BCUT2D eigenvalue weighted by Gasteiger charge is 2.09. The second-order valence-electron chi connectivity index (χ2n) is 4.47. The lowest BCUT2D eigenvalue weighted by molar-refractivity contribution is 0.256. The Balaban J connectivity index is 3.46. The monoisotopic (exact) mass is 213 g/mol. The van der Waals surface area contributed by atoms with Crippen LogP contribution < -0.4 is 5.73 Å². The smallest absolute Gasteiger partial charge is 0.0920 e. The third-order valence-electron chi connectivity index (χ3n) is 2.88. The maximum atomic E-state index is 7.24. The first-order valence-corrected chi connectivity index (χ1v) is 6.11. The van der Waals surface area contributed by atoms with Gasteiger partial charge < -0.3 is 10.6 Å². The van der Waals surface area contributed by atoms with Crippen LogP contribution in [0, 0.1) is 5.41 Å². The average molecular weight is 213 g/mol. The molecule has 1 atom stereocenters. The molecule has 0 bridgehead atoms. The molecule has 0 aliphatic rings. The summed E-state index contributed by atoms with van der Waals surface area (Å²) in [5.41, 5.74) is 5.38. The molecule has 0 saturated carbocycles. The first-order chi connectivity index (χ1) is 7.07. The largest absolute Gasteiger partial charge is 0.388 e. The van der Waals surface area contributed by atoms with Gasteiger partial charge in [-0.25, -0.2) is 0 Å². The zero-order chi connectivity index (χ0) is 11.7. The van der Waals surface area contributed by atoms with Crippen LogP contribution in [0.25, 0.3) is 0 Å². The van der Waals surface area contributed by atoms with E-state index in [0.29, 0.717) is 18.3 Å². The topological polar surface area (TPSA) is 53.1 Å². The highest BCUT2D eigenvalue weighted by Crippen LogP contribution is 2.06. The molecule has 3 heteroatoms. The molecule has 0 fully saturated rings. The van der Waals surface area contributed by atoms with Crippen LogP contribution in [0.1, 0.15) is 52.4 Å². The maximum Gasteiger partial charge on any atom is 0.0920 e. The summed E-state index contributed by atoms with van der Waals surface area (Å²) in [5, 5.41) is 7.24. The van der Waals surface area contributed by atoms with Crippen molar-refractivity contribution >= 4 is 5.84 Å². The molecule has 0 spiro atoms. The summed E-state index contributed by atoms with van der Waals surface area (Å²) in [5.74, 6) is 0.292. The quantitative estimate of drug-likeness (QED) is 0.351. The van der Waals surface area contributed by atoms with Gasteiger partial charge in [-0.15, -0.1) is 0 Å². The van der Waals surface area contributed by atoms with E-state index in [4.69, 9.17) is 11.1 Å². The molecule has 0 radical (unpaired) electrons. The summed E-state index contributed by atoms with van der Waals surface area (Å²) in [6, 6.07) is 0.397. The van der Waals surface area contributed by atoms with Gasteiger partial charge >= 0.3 is 0 Å². The van der Waals surface area contributed by atoms with Crippen LogP contribution in [0.5, 0.6) is 0 Å². The summed E-state index contributed by atoms with van der Waals surface area (Å²) in [4.78, 5) is 2.30. The molecule has 0 aromatic carbocycles. The van der Waals surface area contributed by atoms with E-state index in [-0.39, 0.29) is 0 Å². The Morgan fingerprint density at radius 1 is 1.27 bits per heavy atom. The second-order valence-corrected chi connectivity index (χ2v) is 4.47. The third-order valence-corrected chi connectivity index (χ3v) is 2.88. The van der Waals surface area contributed by atoms with Gasteiger partial charge in [0.2, 0.25) is 0 Å². The van der Waals surface area contributed by atoms with Gasteiger partial charge in [0.05, 0.1) is 5.84 Å². The van der Waals surface area contributed by atoms with E-state index in [9.17, 15) is 0 Å². The zero-order valence-electron chi connectivity index (χ0n) is 10.6. The third kappa shape index (κ3) is 8.43. The van der Waals surface area contributed by atoms with Crippen molar-refractivity contribution in [2.24, 2.45) is 5.73 Å². The van der Waals surface area contributed by atoms with E-state index in [1.165, 1.54) is 32.1 Å². The zero-order valence-corrected chi connectivity index (χ0v) is 10.6. The molecule has 15 heavy (non-hydrogen) atoms. The van der Waals surface area contributed by atoms with Crippen molar-refractivity contribution in [1.82, 2.24) is 4.90 Å². The van der Waals surface area contributed by atoms with Crippen LogP contribution in [-0.4, -0.2) is 30.4 Å². The molecule has 1 unspecified atom stereocenters. The Kier molecular flexibility index (Phi) is 8.38. The predicted molar refractivity (Wildman–Crippen MR) is 67.4 cm³/mol. The number of hydrogen-bond donors (Lipinski definition) is 2. The van der Waals surface area contributed by atoms with Gasteiger partial charge in [-0.05, 0) is 26.9 Å². The number of nitrogens with one attached hydrogen (secondary N) is 1. The van der Waals surface area contributed by atoms with Crippen molar-refractivity contribution in [2.75, 3.05) is 13.6 Å². The van der Waals surface area contributed by atoms with Gasteiger partial charge in [0.25, 0.3) is 0 Å². The van der Waals surface area contributed by atoms with Crippen LogP contribution in [0.15, 0.2) is 0 Å². The molecule has 3 nitrogen and oxygen atoms in total. The summed E-state index contributed by atoms with van der Waals surface area (Å²) in [6.07, 6.45) is 7.28. The van der Waals surface area contributed by atoms with E-state index >= 15 is 0 Å². The van der Waals surface area contributed by atoms with Gasteiger partial charge in [-0.3, -0.25) is 5.41 Å². The van der Waals surface area contributed by atoms with E-state index in [2.05, 4.69) is 25.8 Å². The first-order valence-electron chi connectivity index (χ1n) is 6.11. The molecule has 0 aromatic heterocycles. The minimum atomic E-state index is 0.292. The lowest BCUT2D eigenvalue weighted by Gasteiger charge is -2.24. The lowest BCUT2D eigenvalue weighted by Crippen LogP contribution is -2.33. The van der Waals surface area contributed by atoms with E-state index in [1.807, 2.05) is 0 Å². The predicted octanol–water partition coefficient (Wildman–Crippen LogP) is 2.60. The van der Waals surface area contributed by atoms with Gasteiger partial charge in [0.1, 0.15) is 0 Å². The molecule has 3 N–H and O–H groups in total. The minimum absolute atomic E-state index is 0.292. The van der Waals surface area contributed by atoms with Crippen LogP contribution in [-0.2, 0) is 0 Å². The Morgan fingerprint density at radius 2 is 1.87 bits per heavy atom. The van der Waals surface area contributed by atoms with Crippen molar-refractivity contribution in [3.05, 3.63) is 0 Å². The minimum Gasteiger partial charge on any atom is -0.388 e. The summed E-state index contributed by atoms with van der Waals surface area (Å²) in [7, 11) is 2.12. The molecule has 0 amide bonds. The highest BCUT2D eigenvalue weighted by atomic mass is 15.1. The van der Waals surface area contributed by atoms with Crippen molar-refractivity contribution in [2.45, 2.75) is 58.4 Å². The molecule has 0 aromatic rings. The molecular weight excluding hydrogens is 186 g/mol. The standard InChI is InChI=1S/C12H27N3/c1-4-5-6-7-8-9-15(3)11(2)10-12(13)14/h11H,4-10H2,1-3H3,(H3,13,14). The van der Waals surface area contributed by atoms with Crippen molar-refractivity contribution in [3.8, 4) is 0 Å². The molecule has 0 aliphatic heterocycles. The summed E-state index contributed by atoms with van der Waals surface area (Å²) < 4.78 is 0. The SMILES string of the molecule is CCCCCCCN(C)C(C)CC(=N)N. The average Bonchev–Trinajstić information content (AvgIpc) is 2.16. The molecule has 90 valence electrons. The number of rotatable bonds is 9. The second kappa shape index (κ2) is 8.72. The molecule has 0 aliphatic carbocycles. The van der Waals surface area contributed by atoms with E-state index in [0.717, 1.165) is 6.54 Å². The maximum absolute atomic E-state index is 7.24. The Bertz CT molecular complexity index is 168. The number of unbranched alkanes of at least 4 members (excludes halogenated alkanes) is 4. The van der Waals surface area contributed by atoms with Crippen LogP contribution in [0.3, 0.4) is 0 Å². The van der Waals surface area contributed by atoms with Crippen LogP contribution >= 0.6 is 0 Å². The lowest BCUT2D eigenvalue weighted by atomic mass is 10.1. The fourth-order valence-corrected chi connectivity index (χ4v) is 1.66.